The molecule has 1 heterocycles. The van der Waals surface area contributed by atoms with Gasteiger partial charge in [-0.1, -0.05) is 61.3 Å². The summed E-state index contributed by atoms with van der Waals surface area (Å²) in [5.74, 6) is 1.66. The van der Waals surface area contributed by atoms with Gasteiger partial charge in [0.25, 0.3) is 0 Å². The van der Waals surface area contributed by atoms with Crippen molar-refractivity contribution in [2.45, 2.75) is 26.9 Å². The topological polar surface area (TPSA) is 81.4 Å². The molecule has 1 unspecified atom stereocenters. The zero-order chi connectivity index (χ0) is 26.4. The zero-order valence-corrected chi connectivity index (χ0v) is 22.5. The maximum atomic E-state index is 10.4. The zero-order valence-electron chi connectivity index (χ0n) is 21.0. The van der Waals surface area contributed by atoms with Crippen LogP contribution in [0, 0.1) is 12.8 Å². The number of rotatable bonds is 11. The number of aliphatic hydroxyl groups excluding tert-OH is 1. The van der Waals surface area contributed by atoms with Gasteiger partial charge in [-0.3, -0.25) is 0 Å². The first-order valence-corrected chi connectivity index (χ1v) is 12.8. The number of aromatic nitrogens is 3. The van der Waals surface area contributed by atoms with Crippen molar-refractivity contribution < 1.29 is 14.6 Å². The van der Waals surface area contributed by atoms with E-state index >= 15 is 0 Å². The third kappa shape index (κ3) is 7.16. The van der Waals surface area contributed by atoms with Gasteiger partial charge in [0.2, 0.25) is 0 Å². The molecule has 0 aliphatic heterocycles. The number of nitrogens with zero attached hydrogens (tertiary/aromatic N) is 3. The summed E-state index contributed by atoms with van der Waals surface area (Å²) in [6.07, 6.45) is -0.697. The van der Waals surface area contributed by atoms with Gasteiger partial charge in [0, 0.05) is 17.8 Å². The first-order valence-electron chi connectivity index (χ1n) is 12.1. The fourth-order valence-corrected chi connectivity index (χ4v) is 3.84. The Morgan fingerprint density at radius 3 is 2.51 bits per heavy atom. The first kappa shape index (κ1) is 26.8. The van der Waals surface area contributed by atoms with E-state index in [0.29, 0.717) is 34.9 Å². The molecular formula is C28H30Cl2N4O3. The maximum absolute atomic E-state index is 10.4. The Morgan fingerprint density at radius 1 is 0.946 bits per heavy atom. The van der Waals surface area contributed by atoms with Gasteiger partial charge in [0.05, 0.1) is 22.3 Å². The smallest absolute Gasteiger partial charge is 0.336 e. The normalized spacial score (nSPS) is 12.0. The van der Waals surface area contributed by atoms with E-state index in [4.69, 9.17) is 32.7 Å². The summed E-state index contributed by atoms with van der Waals surface area (Å²) in [6, 6.07) is 21.0. The Bertz CT molecular complexity index is 1340. The summed E-state index contributed by atoms with van der Waals surface area (Å²) in [7, 11) is 0. The monoisotopic (exact) mass is 540 g/mol. The predicted molar refractivity (Wildman–Crippen MR) is 148 cm³/mol. The number of aliphatic hydroxyl groups is 1. The highest BCUT2D eigenvalue weighted by Crippen LogP contribution is 2.30. The highest BCUT2D eigenvalue weighted by atomic mass is 35.5. The molecule has 1 aromatic heterocycles. The molecule has 0 spiro atoms. The van der Waals surface area contributed by atoms with Crippen LogP contribution in [0.1, 0.15) is 19.4 Å². The second-order valence-corrected chi connectivity index (χ2v) is 9.94. The summed E-state index contributed by atoms with van der Waals surface area (Å²) >= 11 is 12.4. The number of nitrogens with one attached hydrogen (secondary N) is 1. The minimum atomic E-state index is -0.697. The highest BCUT2D eigenvalue weighted by molar-refractivity contribution is 6.42. The molecule has 9 heteroatoms. The lowest BCUT2D eigenvalue weighted by Gasteiger charge is -2.15. The molecule has 194 valence electrons. The van der Waals surface area contributed by atoms with Crippen molar-refractivity contribution in [1.29, 1.82) is 0 Å². The number of ether oxygens (including phenoxy) is 2. The summed E-state index contributed by atoms with van der Waals surface area (Å²) in [5, 5.41) is 19.2. The lowest BCUT2D eigenvalue weighted by atomic mass is 10.2. The summed E-state index contributed by atoms with van der Waals surface area (Å²) < 4.78 is 13.3. The van der Waals surface area contributed by atoms with Gasteiger partial charge in [-0.2, -0.15) is 4.98 Å². The second-order valence-electron chi connectivity index (χ2n) is 9.13. The number of aryl methyl sites for hydroxylation is 1. The molecule has 0 amide bonds. The Hall–Kier alpha value is -3.26. The molecule has 4 rings (SSSR count). The molecule has 2 N–H and O–H groups in total. The van der Waals surface area contributed by atoms with E-state index in [1.807, 2.05) is 61.5 Å². The number of anilines is 1. The molecule has 7 nitrogen and oxygen atoms in total. The Morgan fingerprint density at radius 2 is 1.76 bits per heavy atom. The van der Waals surface area contributed by atoms with Gasteiger partial charge in [-0.25, -0.2) is 4.68 Å². The molecule has 0 aliphatic rings. The van der Waals surface area contributed by atoms with Crippen molar-refractivity contribution in [3.05, 3.63) is 82.3 Å². The maximum Gasteiger partial charge on any atom is 0.336 e. The third-order valence-electron chi connectivity index (χ3n) is 5.47. The fourth-order valence-electron chi connectivity index (χ4n) is 3.54. The average molecular weight is 541 g/mol. The number of halogens is 2. The summed E-state index contributed by atoms with van der Waals surface area (Å²) in [5.41, 5.74) is 3.36. The predicted octanol–water partition coefficient (Wildman–Crippen LogP) is 6.44. The first-order chi connectivity index (χ1) is 17.8. The van der Waals surface area contributed by atoms with Gasteiger partial charge < -0.3 is 19.9 Å². The van der Waals surface area contributed by atoms with Crippen LogP contribution in [0.15, 0.2) is 66.7 Å². The Kier molecular flexibility index (Phi) is 8.92. The molecule has 0 saturated carbocycles. The number of para-hydroxylation sites is 1. The fraction of sp³-hybridized carbons (Fsp3) is 0.286. The molecule has 0 saturated heterocycles. The van der Waals surface area contributed by atoms with E-state index in [9.17, 15) is 5.11 Å². The van der Waals surface area contributed by atoms with Gasteiger partial charge in [0.15, 0.2) is 5.82 Å². The quantitative estimate of drug-likeness (QED) is 0.228. The SMILES string of the molecule is Cc1ccccc1OCC(O)CNc1cccc(-n2nc(OCC(C)C)nc2-c2ccc(Cl)c(Cl)c2)c1. The van der Waals surface area contributed by atoms with Crippen LogP contribution in [-0.4, -0.2) is 45.7 Å². The van der Waals surface area contributed by atoms with E-state index in [1.165, 1.54) is 0 Å². The minimum Gasteiger partial charge on any atom is -0.491 e. The van der Waals surface area contributed by atoms with Crippen LogP contribution in [0.4, 0.5) is 5.69 Å². The standard InChI is InChI=1S/C28H30Cl2N4O3/c1-18(2)16-37-28-32-27(20-11-12-24(29)25(30)13-20)34(33-28)22-9-6-8-21(14-22)31-15-23(35)17-36-26-10-5-4-7-19(26)3/h4-14,18,23,31,35H,15-17H2,1-3H3. The molecule has 0 fully saturated rings. The van der Waals surface area contributed by atoms with Crippen molar-refractivity contribution in [3.8, 4) is 28.8 Å². The largest absolute Gasteiger partial charge is 0.491 e. The molecule has 3 aromatic carbocycles. The van der Waals surface area contributed by atoms with Crippen molar-refractivity contribution in [3.63, 3.8) is 0 Å². The number of hydrogen-bond acceptors (Lipinski definition) is 6. The van der Waals surface area contributed by atoms with Gasteiger partial charge >= 0.3 is 6.01 Å². The summed E-state index contributed by atoms with van der Waals surface area (Å²) in [6.45, 7) is 7.09. The average Bonchev–Trinajstić information content (AvgIpc) is 3.32. The summed E-state index contributed by atoms with van der Waals surface area (Å²) in [4.78, 5) is 4.61. The third-order valence-corrected chi connectivity index (χ3v) is 6.21. The van der Waals surface area contributed by atoms with Crippen LogP contribution in [0.3, 0.4) is 0 Å². The minimum absolute atomic E-state index is 0.179. The molecule has 0 radical (unpaired) electrons. The number of hydrogen-bond donors (Lipinski definition) is 2. The van der Waals surface area contributed by atoms with Crippen molar-refractivity contribution in [2.75, 3.05) is 25.1 Å². The van der Waals surface area contributed by atoms with Crippen molar-refractivity contribution in [2.24, 2.45) is 5.92 Å². The molecule has 0 bridgehead atoms. The molecule has 37 heavy (non-hydrogen) atoms. The lowest BCUT2D eigenvalue weighted by molar-refractivity contribution is 0.117. The van der Waals surface area contributed by atoms with E-state index in [1.54, 1.807) is 16.8 Å². The highest BCUT2D eigenvalue weighted by Gasteiger charge is 2.17. The van der Waals surface area contributed by atoms with Gasteiger partial charge in [-0.15, -0.1) is 5.10 Å². The van der Waals surface area contributed by atoms with Crippen molar-refractivity contribution in [1.82, 2.24) is 14.8 Å². The van der Waals surface area contributed by atoms with E-state index < -0.39 is 6.10 Å². The van der Waals surface area contributed by atoms with Crippen LogP contribution >= 0.6 is 23.2 Å². The Balaban J connectivity index is 1.51. The van der Waals surface area contributed by atoms with E-state index in [2.05, 4.69) is 29.2 Å². The van der Waals surface area contributed by atoms with Crippen LogP contribution < -0.4 is 14.8 Å². The second kappa shape index (κ2) is 12.3. The van der Waals surface area contributed by atoms with Gasteiger partial charge in [-0.05, 0) is 60.9 Å². The Labute approximate surface area is 227 Å². The number of benzene rings is 3. The molecular weight excluding hydrogens is 511 g/mol. The molecule has 0 aliphatic carbocycles. The van der Waals surface area contributed by atoms with Crippen LogP contribution in [-0.2, 0) is 0 Å². The van der Waals surface area contributed by atoms with Gasteiger partial charge in [0.1, 0.15) is 18.5 Å². The van der Waals surface area contributed by atoms with Crippen LogP contribution in [0.2, 0.25) is 10.0 Å². The van der Waals surface area contributed by atoms with Crippen LogP contribution in [0.25, 0.3) is 17.1 Å². The van der Waals surface area contributed by atoms with Crippen LogP contribution in [0.5, 0.6) is 11.8 Å². The molecule has 1 atom stereocenters. The van der Waals surface area contributed by atoms with Crippen molar-refractivity contribution >= 4 is 28.9 Å². The van der Waals surface area contributed by atoms with E-state index in [-0.39, 0.29) is 12.6 Å². The molecule has 4 aromatic rings. The lowest BCUT2D eigenvalue weighted by Crippen LogP contribution is -2.26. The van der Waals surface area contributed by atoms with E-state index in [0.717, 1.165) is 28.3 Å².